The molecule has 0 bridgehead atoms. The van der Waals surface area contributed by atoms with Crippen LogP contribution in [0.25, 0.3) is 10.9 Å². The highest BCUT2D eigenvalue weighted by atomic mass is 16.5. The second-order valence-corrected chi connectivity index (χ2v) is 3.30. The van der Waals surface area contributed by atoms with E-state index < -0.39 is 11.6 Å². The van der Waals surface area contributed by atoms with Gasteiger partial charge in [-0.25, -0.2) is 9.53 Å². The minimum absolute atomic E-state index is 0.0930. The number of aliphatic carboxylic acids is 1. The Labute approximate surface area is 84.5 Å². The number of benzene rings is 1. The molecule has 78 valence electrons. The number of hydrogen-bond acceptors (Lipinski definition) is 3. The molecule has 1 aromatic heterocycles. The third-order valence-corrected chi connectivity index (χ3v) is 2.20. The molecule has 1 heterocycles. The van der Waals surface area contributed by atoms with Gasteiger partial charge in [-0.2, -0.15) is 0 Å². The Hall–Kier alpha value is -2.04. The first kappa shape index (κ1) is 9.51. The van der Waals surface area contributed by atoms with Crippen LogP contribution >= 0.6 is 0 Å². The van der Waals surface area contributed by atoms with Gasteiger partial charge >= 0.3 is 11.6 Å². The monoisotopic (exact) mass is 207 g/mol. The van der Waals surface area contributed by atoms with Crippen LogP contribution < -0.4 is 5.63 Å². The summed E-state index contributed by atoms with van der Waals surface area (Å²) in [6.45, 7) is 0. The molecule has 5 heteroatoms. The van der Waals surface area contributed by atoms with Crippen LogP contribution in [-0.4, -0.2) is 15.8 Å². The van der Waals surface area contributed by atoms with E-state index >= 15 is 0 Å². The molecular formula is C10H9NO4. The topological polar surface area (TPSA) is 72.4 Å². The smallest absolute Gasteiger partial charge is 0.365 e. The van der Waals surface area contributed by atoms with Crippen LogP contribution in [0.4, 0.5) is 0 Å². The lowest BCUT2D eigenvalue weighted by Gasteiger charge is -1.96. The number of fused-ring (bicyclic) bond motifs is 1. The van der Waals surface area contributed by atoms with Crippen molar-refractivity contribution in [3.63, 3.8) is 0 Å². The molecule has 0 amide bonds. The Balaban J connectivity index is 2.60. The minimum atomic E-state index is -0.922. The van der Waals surface area contributed by atoms with Crippen molar-refractivity contribution < 1.29 is 14.4 Å². The zero-order valence-corrected chi connectivity index (χ0v) is 8.06. The molecule has 2 rings (SSSR count). The maximum absolute atomic E-state index is 11.3. The molecule has 5 nitrogen and oxygen atoms in total. The summed E-state index contributed by atoms with van der Waals surface area (Å²) in [5.74, 6) is -0.922. The molecule has 0 fully saturated rings. The van der Waals surface area contributed by atoms with Crippen molar-refractivity contribution in [1.29, 1.82) is 0 Å². The first-order valence-electron chi connectivity index (χ1n) is 4.38. The van der Waals surface area contributed by atoms with Gasteiger partial charge in [0.2, 0.25) is 0 Å². The summed E-state index contributed by atoms with van der Waals surface area (Å²) in [7, 11) is 1.63. The quantitative estimate of drug-likeness (QED) is 0.789. The average Bonchev–Trinajstić information content (AvgIpc) is 2.41. The summed E-state index contributed by atoms with van der Waals surface area (Å²) in [5, 5.41) is 9.02. The van der Waals surface area contributed by atoms with Crippen LogP contribution in [0.2, 0.25) is 0 Å². The van der Waals surface area contributed by atoms with Gasteiger partial charge in [-0.3, -0.25) is 4.79 Å². The Kier molecular flexibility index (Phi) is 2.07. The lowest BCUT2D eigenvalue weighted by molar-refractivity contribution is -0.136. The third kappa shape index (κ3) is 1.63. The molecule has 0 saturated carbocycles. The van der Waals surface area contributed by atoms with Crippen LogP contribution in [0.1, 0.15) is 5.56 Å². The predicted molar refractivity (Wildman–Crippen MR) is 52.8 cm³/mol. The largest absolute Gasteiger partial charge is 0.481 e. The van der Waals surface area contributed by atoms with E-state index in [1.54, 1.807) is 25.2 Å². The summed E-state index contributed by atoms with van der Waals surface area (Å²) in [5.41, 5.74) is 0.808. The van der Waals surface area contributed by atoms with E-state index in [-0.39, 0.29) is 6.42 Å². The second-order valence-electron chi connectivity index (χ2n) is 3.30. The van der Waals surface area contributed by atoms with E-state index in [1.807, 2.05) is 0 Å². The second kappa shape index (κ2) is 3.27. The van der Waals surface area contributed by atoms with Crippen LogP contribution in [0.3, 0.4) is 0 Å². The van der Waals surface area contributed by atoms with Gasteiger partial charge in [-0.05, 0) is 17.7 Å². The van der Waals surface area contributed by atoms with E-state index in [2.05, 4.69) is 0 Å². The molecule has 0 atom stereocenters. The van der Waals surface area contributed by atoms with Crippen molar-refractivity contribution in [2.24, 2.45) is 7.05 Å². The number of aromatic nitrogens is 1. The van der Waals surface area contributed by atoms with Crippen molar-refractivity contribution in [3.8, 4) is 0 Å². The summed E-state index contributed by atoms with van der Waals surface area (Å²) in [4.78, 5) is 21.8. The fourth-order valence-electron chi connectivity index (χ4n) is 1.53. The van der Waals surface area contributed by atoms with Crippen molar-refractivity contribution >= 4 is 16.9 Å². The zero-order chi connectivity index (χ0) is 11.0. The summed E-state index contributed by atoms with van der Waals surface area (Å²) in [6.07, 6.45) is -0.0930. The molecule has 0 spiro atoms. The van der Waals surface area contributed by atoms with Crippen LogP contribution in [-0.2, 0) is 18.3 Å². The first-order chi connectivity index (χ1) is 7.08. The molecule has 15 heavy (non-hydrogen) atoms. The molecule has 1 aromatic carbocycles. The lowest BCUT2D eigenvalue weighted by atomic mass is 10.1. The Morgan fingerprint density at radius 3 is 2.93 bits per heavy atom. The van der Waals surface area contributed by atoms with Gasteiger partial charge in [-0.1, -0.05) is 6.07 Å². The van der Waals surface area contributed by atoms with Crippen molar-refractivity contribution in [2.75, 3.05) is 0 Å². The van der Waals surface area contributed by atoms with Gasteiger partial charge in [0.15, 0.2) is 0 Å². The molecule has 0 aliphatic heterocycles. The minimum Gasteiger partial charge on any atom is -0.481 e. The van der Waals surface area contributed by atoms with Gasteiger partial charge in [0, 0.05) is 7.05 Å². The lowest BCUT2D eigenvalue weighted by Crippen LogP contribution is -2.00. The van der Waals surface area contributed by atoms with E-state index in [0.29, 0.717) is 16.5 Å². The van der Waals surface area contributed by atoms with Gasteiger partial charge < -0.3 is 9.63 Å². The van der Waals surface area contributed by atoms with Gasteiger partial charge in [-0.15, -0.1) is 0 Å². The maximum atomic E-state index is 11.3. The van der Waals surface area contributed by atoms with Crippen molar-refractivity contribution in [1.82, 2.24) is 4.74 Å². The van der Waals surface area contributed by atoms with Crippen molar-refractivity contribution in [3.05, 3.63) is 34.2 Å². The number of carbonyl (C=O) groups is 1. The Morgan fingerprint density at radius 1 is 1.53 bits per heavy atom. The van der Waals surface area contributed by atoms with E-state index in [0.717, 1.165) is 0 Å². The highest BCUT2D eigenvalue weighted by Gasteiger charge is 2.08. The molecule has 0 aliphatic carbocycles. The van der Waals surface area contributed by atoms with Crippen LogP contribution in [0.15, 0.2) is 27.5 Å². The highest BCUT2D eigenvalue weighted by Crippen LogP contribution is 2.13. The van der Waals surface area contributed by atoms with Crippen LogP contribution in [0, 0.1) is 0 Å². The molecule has 2 aromatic rings. The van der Waals surface area contributed by atoms with E-state index in [9.17, 15) is 9.59 Å². The fourth-order valence-corrected chi connectivity index (χ4v) is 1.53. The van der Waals surface area contributed by atoms with Crippen LogP contribution in [0.5, 0.6) is 0 Å². The number of nitrogens with zero attached hydrogens (tertiary/aromatic N) is 1. The molecule has 1 N–H and O–H groups in total. The number of carboxylic acids is 1. The standard InChI is InChI=1S/C10H9NO4/c1-11-8-3-2-6(5-9(12)13)4-7(8)10(14)15-11/h2-4H,5H2,1H3,(H,12,13). The fraction of sp³-hybridized carbons (Fsp3) is 0.200. The van der Waals surface area contributed by atoms with Gasteiger partial charge in [0.1, 0.15) is 0 Å². The zero-order valence-electron chi connectivity index (χ0n) is 8.06. The first-order valence-corrected chi connectivity index (χ1v) is 4.38. The number of hydrogen-bond donors (Lipinski definition) is 1. The molecule has 0 saturated heterocycles. The average molecular weight is 207 g/mol. The summed E-state index contributed by atoms with van der Waals surface area (Å²) >= 11 is 0. The third-order valence-electron chi connectivity index (χ3n) is 2.20. The molecule has 0 unspecified atom stereocenters. The molecule has 0 aliphatic rings. The van der Waals surface area contributed by atoms with Crippen molar-refractivity contribution in [2.45, 2.75) is 6.42 Å². The number of rotatable bonds is 2. The normalized spacial score (nSPS) is 10.7. The Morgan fingerprint density at radius 2 is 2.27 bits per heavy atom. The molecular weight excluding hydrogens is 198 g/mol. The Bertz CT molecular complexity index is 579. The number of aryl methyl sites for hydroxylation is 1. The van der Waals surface area contributed by atoms with Gasteiger partial charge in [0.05, 0.1) is 17.3 Å². The maximum Gasteiger partial charge on any atom is 0.365 e. The summed E-state index contributed by atoms with van der Waals surface area (Å²) in [6, 6.07) is 4.90. The molecule has 0 radical (unpaired) electrons. The van der Waals surface area contributed by atoms with Gasteiger partial charge in [0.25, 0.3) is 0 Å². The van der Waals surface area contributed by atoms with E-state index in [1.165, 1.54) is 4.74 Å². The number of carboxylic acid groups (broad SMARTS) is 1. The summed E-state index contributed by atoms with van der Waals surface area (Å²) < 4.78 is 6.20. The highest BCUT2D eigenvalue weighted by molar-refractivity contribution is 5.80. The predicted octanol–water partition coefficient (Wildman–Crippen LogP) is 0.759. The van der Waals surface area contributed by atoms with E-state index in [4.69, 9.17) is 9.63 Å². The SMILES string of the molecule is Cn1oc(=O)c2cc(CC(=O)O)ccc21.